The number of esters is 1. The number of ether oxygens (including phenoxy) is 1. The van der Waals surface area contributed by atoms with E-state index in [0.717, 1.165) is 29.7 Å². The molecule has 2 aromatic carbocycles. The number of carbonyl (C=O) groups is 3. The Morgan fingerprint density at radius 1 is 1.10 bits per heavy atom. The largest absolute Gasteiger partial charge is 0.455 e. The zero-order valence-electron chi connectivity index (χ0n) is 17.1. The van der Waals surface area contributed by atoms with Crippen LogP contribution in [0.5, 0.6) is 0 Å². The predicted molar refractivity (Wildman–Crippen MR) is 113 cm³/mol. The third-order valence-corrected chi connectivity index (χ3v) is 5.99. The van der Waals surface area contributed by atoms with Gasteiger partial charge in [0, 0.05) is 25.2 Å². The van der Waals surface area contributed by atoms with Crippen molar-refractivity contribution in [2.75, 3.05) is 24.6 Å². The van der Waals surface area contributed by atoms with Crippen LogP contribution in [0.4, 0.5) is 5.69 Å². The van der Waals surface area contributed by atoms with Gasteiger partial charge in [-0.25, -0.2) is 0 Å². The summed E-state index contributed by atoms with van der Waals surface area (Å²) in [5, 5.41) is 0. The van der Waals surface area contributed by atoms with Gasteiger partial charge in [0.1, 0.15) is 0 Å². The minimum absolute atomic E-state index is 0.0652. The van der Waals surface area contributed by atoms with Crippen molar-refractivity contribution in [2.45, 2.75) is 32.2 Å². The second kappa shape index (κ2) is 8.69. The highest BCUT2D eigenvalue weighted by Crippen LogP contribution is 2.29. The van der Waals surface area contributed by atoms with Gasteiger partial charge in [-0.05, 0) is 37.0 Å². The van der Waals surface area contributed by atoms with E-state index in [-0.39, 0.29) is 30.9 Å². The molecule has 6 nitrogen and oxygen atoms in total. The molecule has 2 amide bonds. The molecule has 4 rings (SSSR count). The molecule has 1 fully saturated rings. The van der Waals surface area contributed by atoms with E-state index in [1.54, 1.807) is 9.80 Å². The molecule has 156 valence electrons. The van der Waals surface area contributed by atoms with Crippen LogP contribution in [0.2, 0.25) is 0 Å². The van der Waals surface area contributed by atoms with Gasteiger partial charge < -0.3 is 14.5 Å². The summed E-state index contributed by atoms with van der Waals surface area (Å²) >= 11 is 0. The van der Waals surface area contributed by atoms with Gasteiger partial charge in [0.2, 0.25) is 5.91 Å². The Hall–Kier alpha value is -3.15. The summed E-state index contributed by atoms with van der Waals surface area (Å²) in [4.78, 5) is 41.1. The van der Waals surface area contributed by atoms with E-state index in [9.17, 15) is 14.4 Å². The van der Waals surface area contributed by atoms with Crippen molar-refractivity contribution in [3.8, 4) is 0 Å². The smallest absolute Gasteiger partial charge is 0.311 e. The van der Waals surface area contributed by atoms with E-state index in [1.165, 1.54) is 0 Å². The first-order chi connectivity index (χ1) is 14.5. The highest BCUT2D eigenvalue weighted by molar-refractivity contribution is 5.96. The number of nitrogens with zero attached hydrogens (tertiary/aromatic N) is 2. The summed E-state index contributed by atoms with van der Waals surface area (Å²) in [6.45, 7) is 2.59. The number of aryl methyl sites for hydroxylation is 1. The molecule has 0 radical (unpaired) electrons. The lowest BCUT2D eigenvalue weighted by Crippen LogP contribution is -2.39. The molecule has 2 aromatic rings. The number of para-hydroxylation sites is 1. The lowest BCUT2D eigenvalue weighted by Gasteiger charge is -2.29. The average molecular weight is 406 g/mol. The second-order valence-corrected chi connectivity index (χ2v) is 7.92. The van der Waals surface area contributed by atoms with Crippen molar-refractivity contribution in [1.29, 1.82) is 0 Å². The molecule has 0 aliphatic carbocycles. The summed E-state index contributed by atoms with van der Waals surface area (Å²) in [6, 6.07) is 17.4. The average Bonchev–Trinajstić information content (AvgIpc) is 3.18. The Morgan fingerprint density at radius 2 is 1.83 bits per heavy atom. The topological polar surface area (TPSA) is 66.9 Å². The van der Waals surface area contributed by atoms with Crippen molar-refractivity contribution >= 4 is 23.5 Å². The summed E-state index contributed by atoms with van der Waals surface area (Å²) in [5.74, 6) is -1.31. The van der Waals surface area contributed by atoms with Crippen molar-refractivity contribution in [2.24, 2.45) is 5.92 Å². The zero-order valence-corrected chi connectivity index (χ0v) is 17.1. The summed E-state index contributed by atoms with van der Waals surface area (Å²) in [6.07, 6.45) is 1.95. The number of carbonyl (C=O) groups excluding carboxylic acids is 3. The SMILES string of the molecule is C[C@@H](c1ccccc1)N1C[C@@H](C(=O)OCC(=O)N2CCCc3ccccc32)CC1=O. The Kier molecular flexibility index (Phi) is 5.84. The van der Waals surface area contributed by atoms with Crippen molar-refractivity contribution < 1.29 is 19.1 Å². The number of benzene rings is 2. The van der Waals surface area contributed by atoms with E-state index < -0.39 is 11.9 Å². The molecule has 0 spiro atoms. The lowest BCUT2D eigenvalue weighted by molar-refractivity contribution is -0.151. The fraction of sp³-hybridized carbons (Fsp3) is 0.375. The van der Waals surface area contributed by atoms with Crippen LogP contribution < -0.4 is 4.90 Å². The first-order valence-electron chi connectivity index (χ1n) is 10.4. The summed E-state index contributed by atoms with van der Waals surface area (Å²) in [5.41, 5.74) is 3.05. The van der Waals surface area contributed by atoms with Crippen LogP contribution in [0.15, 0.2) is 54.6 Å². The van der Waals surface area contributed by atoms with Gasteiger partial charge in [0.15, 0.2) is 6.61 Å². The second-order valence-electron chi connectivity index (χ2n) is 7.92. The molecular weight excluding hydrogens is 380 g/mol. The first-order valence-corrected chi connectivity index (χ1v) is 10.4. The summed E-state index contributed by atoms with van der Waals surface area (Å²) in [7, 11) is 0. The number of anilines is 1. The molecule has 6 heteroatoms. The fourth-order valence-electron chi connectivity index (χ4n) is 4.30. The van der Waals surface area contributed by atoms with Crippen LogP contribution in [0.1, 0.15) is 36.9 Å². The number of fused-ring (bicyclic) bond motifs is 1. The maximum absolute atomic E-state index is 12.7. The molecule has 0 aromatic heterocycles. The normalized spacial score (nSPS) is 19.4. The van der Waals surface area contributed by atoms with Gasteiger partial charge in [0.05, 0.1) is 12.0 Å². The maximum atomic E-state index is 12.7. The Bertz CT molecular complexity index is 943. The molecule has 0 bridgehead atoms. The van der Waals surface area contributed by atoms with Gasteiger partial charge >= 0.3 is 5.97 Å². The highest BCUT2D eigenvalue weighted by atomic mass is 16.5. The Morgan fingerprint density at radius 3 is 2.63 bits per heavy atom. The van der Waals surface area contributed by atoms with Gasteiger partial charge in [-0.2, -0.15) is 0 Å². The molecule has 2 heterocycles. The van der Waals surface area contributed by atoms with Crippen LogP contribution in [0.3, 0.4) is 0 Å². The zero-order chi connectivity index (χ0) is 21.1. The highest BCUT2D eigenvalue weighted by Gasteiger charge is 2.38. The molecular formula is C24H26N2O4. The number of rotatable bonds is 5. The van der Waals surface area contributed by atoms with Gasteiger partial charge in [-0.3, -0.25) is 14.4 Å². The number of hydrogen-bond acceptors (Lipinski definition) is 4. The maximum Gasteiger partial charge on any atom is 0.311 e. The molecule has 30 heavy (non-hydrogen) atoms. The van der Waals surface area contributed by atoms with Crippen molar-refractivity contribution in [3.05, 3.63) is 65.7 Å². The quantitative estimate of drug-likeness (QED) is 0.716. The fourth-order valence-corrected chi connectivity index (χ4v) is 4.30. The predicted octanol–water partition coefficient (Wildman–Crippen LogP) is 3.12. The third kappa shape index (κ3) is 4.08. The number of hydrogen-bond donors (Lipinski definition) is 0. The third-order valence-electron chi connectivity index (χ3n) is 5.99. The van der Waals surface area contributed by atoms with Crippen molar-refractivity contribution in [1.82, 2.24) is 4.90 Å². The molecule has 2 aliphatic rings. The molecule has 2 atom stereocenters. The van der Waals surface area contributed by atoms with E-state index in [2.05, 4.69) is 0 Å². The van der Waals surface area contributed by atoms with Gasteiger partial charge in [0.25, 0.3) is 5.91 Å². The van der Waals surface area contributed by atoms with Crippen LogP contribution in [-0.4, -0.2) is 42.4 Å². The number of amides is 2. The standard InChI is InChI=1S/C24H26N2O4/c1-17(18-8-3-2-4-9-18)26-15-20(14-22(26)27)24(29)30-16-23(28)25-13-7-11-19-10-5-6-12-21(19)25/h2-6,8-10,12,17,20H,7,11,13-16H2,1H3/t17-,20-/m0/s1. The lowest BCUT2D eigenvalue weighted by atomic mass is 10.0. The molecule has 2 aliphatic heterocycles. The Balaban J connectivity index is 1.34. The van der Waals surface area contributed by atoms with Crippen molar-refractivity contribution in [3.63, 3.8) is 0 Å². The van der Waals surface area contributed by atoms with E-state index >= 15 is 0 Å². The van der Waals surface area contributed by atoms with E-state index in [4.69, 9.17) is 4.74 Å². The monoisotopic (exact) mass is 406 g/mol. The van der Waals surface area contributed by atoms with Gasteiger partial charge in [-0.1, -0.05) is 48.5 Å². The Labute approximate surface area is 176 Å². The molecule has 0 saturated carbocycles. The summed E-state index contributed by atoms with van der Waals surface area (Å²) < 4.78 is 5.33. The molecule has 0 N–H and O–H groups in total. The van der Waals surface area contributed by atoms with E-state index in [1.807, 2.05) is 61.5 Å². The molecule has 1 saturated heterocycles. The van der Waals surface area contributed by atoms with Crippen LogP contribution in [0, 0.1) is 5.92 Å². The van der Waals surface area contributed by atoms with Crippen LogP contribution in [0.25, 0.3) is 0 Å². The minimum atomic E-state index is -0.537. The van der Waals surface area contributed by atoms with Gasteiger partial charge in [-0.15, -0.1) is 0 Å². The van der Waals surface area contributed by atoms with Crippen LogP contribution in [-0.2, 0) is 25.5 Å². The first kappa shape index (κ1) is 20.1. The van der Waals surface area contributed by atoms with E-state index in [0.29, 0.717) is 13.1 Å². The van der Waals surface area contributed by atoms with Crippen LogP contribution >= 0.6 is 0 Å². The molecule has 0 unspecified atom stereocenters. The number of likely N-dealkylation sites (tertiary alicyclic amines) is 1. The minimum Gasteiger partial charge on any atom is -0.455 e.